The van der Waals surface area contributed by atoms with Crippen LogP contribution in [0, 0.1) is 5.92 Å². The standard InChI is InChI=1S/C12H15NO/c1-14-11-5-3-2-4-10(11)12-6-9(12)7-13-8-12/h2-5,9,13H,6-8H2,1H3. The van der Waals surface area contributed by atoms with Crippen LogP contribution in [-0.4, -0.2) is 20.2 Å². The lowest BCUT2D eigenvalue weighted by atomic mass is 9.94. The molecule has 1 N–H and O–H groups in total. The van der Waals surface area contributed by atoms with Crippen LogP contribution in [0.5, 0.6) is 5.75 Å². The minimum atomic E-state index is 0.409. The zero-order valence-corrected chi connectivity index (χ0v) is 8.42. The summed E-state index contributed by atoms with van der Waals surface area (Å²) in [4.78, 5) is 0. The van der Waals surface area contributed by atoms with Crippen molar-refractivity contribution in [2.45, 2.75) is 11.8 Å². The molecule has 2 atom stereocenters. The predicted molar refractivity (Wildman–Crippen MR) is 55.6 cm³/mol. The summed E-state index contributed by atoms with van der Waals surface area (Å²) >= 11 is 0. The highest BCUT2D eigenvalue weighted by Crippen LogP contribution is 2.58. The molecule has 1 aromatic rings. The Balaban J connectivity index is 2.04. The van der Waals surface area contributed by atoms with E-state index in [1.165, 1.54) is 18.5 Å². The first-order valence-corrected chi connectivity index (χ1v) is 5.21. The van der Waals surface area contributed by atoms with Crippen molar-refractivity contribution in [2.24, 2.45) is 5.92 Å². The fraction of sp³-hybridized carbons (Fsp3) is 0.500. The van der Waals surface area contributed by atoms with Crippen LogP contribution in [0.2, 0.25) is 0 Å². The van der Waals surface area contributed by atoms with Crippen molar-refractivity contribution in [3.8, 4) is 5.75 Å². The summed E-state index contributed by atoms with van der Waals surface area (Å²) in [5.41, 5.74) is 1.81. The molecular formula is C12H15NO. The molecular weight excluding hydrogens is 174 g/mol. The summed E-state index contributed by atoms with van der Waals surface area (Å²) in [5.74, 6) is 1.90. The van der Waals surface area contributed by atoms with Gasteiger partial charge in [0.05, 0.1) is 7.11 Å². The van der Waals surface area contributed by atoms with E-state index in [0.29, 0.717) is 5.41 Å². The molecule has 2 fully saturated rings. The Hall–Kier alpha value is -1.02. The maximum atomic E-state index is 5.42. The summed E-state index contributed by atoms with van der Waals surface area (Å²) in [7, 11) is 1.76. The minimum Gasteiger partial charge on any atom is -0.496 e. The van der Waals surface area contributed by atoms with Gasteiger partial charge in [-0.25, -0.2) is 0 Å². The van der Waals surface area contributed by atoms with Crippen LogP contribution < -0.4 is 10.1 Å². The average Bonchev–Trinajstić information content (AvgIpc) is 2.82. The zero-order chi connectivity index (χ0) is 9.60. The third-order valence-corrected chi connectivity index (χ3v) is 3.71. The number of piperidine rings is 1. The van der Waals surface area contributed by atoms with Gasteiger partial charge >= 0.3 is 0 Å². The number of hydrogen-bond donors (Lipinski definition) is 1. The van der Waals surface area contributed by atoms with Crippen molar-refractivity contribution in [3.63, 3.8) is 0 Å². The van der Waals surface area contributed by atoms with Crippen LogP contribution >= 0.6 is 0 Å². The van der Waals surface area contributed by atoms with E-state index in [1.807, 2.05) is 6.07 Å². The van der Waals surface area contributed by atoms with Gasteiger partial charge in [0.1, 0.15) is 5.75 Å². The van der Waals surface area contributed by atoms with Gasteiger partial charge in [0.15, 0.2) is 0 Å². The second-order valence-corrected chi connectivity index (χ2v) is 4.39. The van der Waals surface area contributed by atoms with E-state index in [1.54, 1.807) is 7.11 Å². The summed E-state index contributed by atoms with van der Waals surface area (Å²) in [5, 5.41) is 3.46. The van der Waals surface area contributed by atoms with Gasteiger partial charge in [0, 0.05) is 17.5 Å². The molecule has 0 amide bonds. The number of nitrogens with one attached hydrogen (secondary N) is 1. The van der Waals surface area contributed by atoms with E-state index in [9.17, 15) is 0 Å². The van der Waals surface area contributed by atoms with Crippen molar-refractivity contribution in [3.05, 3.63) is 29.8 Å². The van der Waals surface area contributed by atoms with Gasteiger partial charge in [0.2, 0.25) is 0 Å². The quantitative estimate of drug-likeness (QED) is 0.762. The molecule has 2 aliphatic rings. The Morgan fingerprint density at radius 2 is 2.29 bits per heavy atom. The topological polar surface area (TPSA) is 21.3 Å². The molecule has 3 rings (SSSR count). The Labute approximate surface area is 84.3 Å². The molecule has 1 aliphatic carbocycles. The van der Waals surface area contributed by atoms with Crippen LogP contribution in [-0.2, 0) is 5.41 Å². The third kappa shape index (κ3) is 0.947. The maximum Gasteiger partial charge on any atom is 0.122 e. The molecule has 14 heavy (non-hydrogen) atoms. The summed E-state index contributed by atoms with van der Waals surface area (Å²) in [6.45, 7) is 2.30. The number of ether oxygens (including phenoxy) is 1. The number of hydrogen-bond acceptors (Lipinski definition) is 2. The number of benzene rings is 1. The van der Waals surface area contributed by atoms with Crippen LogP contribution in [0.25, 0.3) is 0 Å². The molecule has 0 aromatic heterocycles. The molecule has 0 spiro atoms. The highest BCUT2D eigenvalue weighted by atomic mass is 16.5. The number of rotatable bonds is 2. The average molecular weight is 189 g/mol. The van der Waals surface area contributed by atoms with Crippen LogP contribution in [0.4, 0.5) is 0 Å². The van der Waals surface area contributed by atoms with Gasteiger partial charge < -0.3 is 10.1 Å². The first-order valence-electron chi connectivity index (χ1n) is 5.21. The molecule has 1 saturated carbocycles. The van der Waals surface area contributed by atoms with Gasteiger partial charge in [-0.15, -0.1) is 0 Å². The lowest BCUT2D eigenvalue weighted by molar-refractivity contribution is 0.404. The van der Waals surface area contributed by atoms with E-state index in [-0.39, 0.29) is 0 Å². The van der Waals surface area contributed by atoms with E-state index in [0.717, 1.165) is 18.2 Å². The predicted octanol–water partition coefficient (Wildman–Crippen LogP) is 1.56. The van der Waals surface area contributed by atoms with Crippen molar-refractivity contribution >= 4 is 0 Å². The Kier molecular flexibility index (Phi) is 1.62. The first kappa shape index (κ1) is 8.30. The van der Waals surface area contributed by atoms with Crippen molar-refractivity contribution in [1.29, 1.82) is 0 Å². The monoisotopic (exact) mass is 189 g/mol. The van der Waals surface area contributed by atoms with E-state index in [2.05, 4.69) is 23.5 Å². The van der Waals surface area contributed by atoms with Gasteiger partial charge in [-0.05, 0) is 24.9 Å². The fourth-order valence-corrected chi connectivity index (χ4v) is 2.82. The molecule has 74 valence electrons. The third-order valence-electron chi connectivity index (χ3n) is 3.71. The van der Waals surface area contributed by atoms with E-state index >= 15 is 0 Å². The molecule has 2 nitrogen and oxygen atoms in total. The van der Waals surface area contributed by atoms with Crippen LogP contribution in [0.15, 0.2) is 24.3 Å². The largest absolute Gasteiger partial charge is 0.496 e. The molecule has 1 aromatic carbocycles. The fourth-order valence-electron chi connectivity index (χ4n) is 2.82. The lowest BCUT2D eigenvalue weighted by Gasteiger charge is -2.15. The second kappa shape index (κ2) is 2.74. The number of methoxy groups -OCH3 is 1. The molecule has 1 aliphatic heterocycles. The summed E-state index contributed by atoms with van der Waals surface area (Å²) < 4.78 is 5.42. The van der Waals surface area contributed by atoms with Crippen LogP contribution in [0.1, 0.15) is 12.0 Å². The van der Waals surface area contributed by atoms with Crippen molar-refractivity contribution < 1.29 is 4.74 Å². The van der Waals surface area contributed by atoms with E-state index in [4.69, 9.17) is 4.74 Å². The first-order chi connectivity index (χ1) is 6.87. The normalized spacial score (nSPS) is 33.9. The Morgan fingerprint density at radius 1 is 1.43 bits per heavy atom. The molecule has 2 heteroatoms. The number of fused-ring (bicyclic) bond motifs is 1. The van der Waals surface area contributed by atoms with Gasteiger partial charge in [-0.1, -0.05) is 18.2 Å². The van der Waals surface area contributed by atoms with E-state index < -0.39 is 0 Å². The van der Waals surface area contributed by atoms with Gasteiger partial charge in [-0.3, -0.25) is 0 Å². The summed E-state index contributed by atoms with van der Waals surface area (Å²) in [6.07, 6.45) is 1.33. The second-order valence-electron chi connectivity index (χ2n) is 4.39. The van der Waals surface area contributed by atoms with Crippen molar-refractivity contribution in [2.75, 3.05) is 20.2 Å². The molecule has 2 unspecified atom stereocenters. The molecule has 0 bridgehead atoms. The van der Waals surface area contributed by atoms with Gasteiger partial charge in [0.25, 0.3) is 0 Å². The van der Waals surface area contributed by atoms with Crippen LogP contribution in [0.3, 0.4) is 0 Å². The Morgan fingerprint density at radius 3 is 2.93 bits per heavy atom. The zero-order valence-electron chi connectivity index (χ0n) is 8.42. The Bertz CT molecular complexity index is 363. The van der Waals surface area contributed by atoms with Gasteiger partial charge in [-0.2, -0.15) is 0 Å². The highest BCUT2D eigenvalue weighted by Gasteiger charge is 2.59. The smallest absolute Gasteiger partial charge is 0.122 e. The van der Waals surface area contributed by atoms with Crippen molar-refractivity contribution in [1.82, 2.24) is 5.32 Å². The maximum absolute atomic E-state index is 5.42. The SMILES string of the molecule is COc1ccccc1C12CNCC1C2. The molecule has 0 radical (unpaired) electrons. The minimum absolute atomic E-state index is 0.409. The lowest BCUT2D eigenvalue weighted by Crippen LogP contribution is -2.19. The molecule has 1 heterocycles. The molecule has 1 saturated heterocycles. The number of para-hydroxylation sites is 1. The summed E-state index contributed by atoms with van der Waals surface area (Å²) in [6, 6.07) is 8.43. The highest BCUT2D eigenvalue weighted by molar-refractivity contribution is 5.46.